The summed E-state index contributed by atoms with van der Waals surface area (Å²) in [5.74, 6) is -1.75. The highest BCUT2D eigenvalue weighted by atomic mass is 16.4. The lowest BCUT2D eigenvalue weighted by atomic mass is 9.82. The molecule has 0 aromatic carbocycles. The maximum Gasteiger partial charge on any atom is 0.307 e. The van der Waals surface area contributed by atoms with Gasteiger partial charge in [0.05, 0.1) is 11.8 Å². The summed E-state index contributed by atoms with van der Waals surface area (Å²) < 4.78 is 0. The standard InChI is InChI=1S/C15H16N2O3/c1-8-3-2-4-11(16-8)17-14(18)12-9-5-6-10(7-9)13(12)15(19)20/h2-6,9-10,12-13H,7H2,1H3,(H,19,20)(H,16,17,18)/t9?,10?,12-,13+/m0/s1. The van der Waals surface area contributed by atoms with Crippen molar-refractivity contribution in [1.82, 2.24) is 4.98 Å². The van der Waals surface area contributed by atoms with Gasteiger partial charge in [0, 0.05) is 5.69 Å². The number of hydrogen-bond donors (Lipinski definition) is 2. The van der Waals surface area contributed by atoms with E-state index in [0.29, 0.717) is 5.82 Å². The van der Waals surface area contributed by atoms with Gasteiger partial charge in [-0.3, -0.25) is 9.59 Å². The number of nitrogens with zero attached hydrogens (tertiary/aromatic N) is 1. The van der Waals surface area contributed by atoms with E-state index in [0.717, 1.165) is 12.1 Å². The fraction of sp³-hybridized carbons (Fsp3) is 0.400. The van der Waals surface area contributed by atoms with Crippen LogP contribution in [0.5, 0.6) is 0 Å². The van der Waals surface area contributed by atoms with Gasteiger partial charge in [-0.15, -0.1) is 0 Å². The summed E-state index contributed by atoms with van der Waals surface area (Å²) in [5.41, 5.74) is 0.811. The molecule has 2 aliphatic carbocycles. The molecule has 104 valence electrons. The summed E-state index contributed by atoms with van der Waals surface area (Å²) in [4.78, 5) is 28.0. The molecule has 2 N–H and O–H groups in total. The van der Waals surface area contributed by atoms with Crippen molar-refractivity contribution in [3.63, 3.8) is 0 Å². The highest BCUT2D eigenvalue weighted by molar-refractivity contribution is 5.95. The number of fused-ring (bicyclic) bond motifs is 2. The van der Waals surface area contributed by atoms with Crippen LogP contribution in [0.1, 0.15) is 12.1 Å². The first kappa shape index (κ1) is 12.8. The highest BCUT2D eigenvalue weighted by Crippen LogP contribution is 2.48. The number of anilines is 1. The Morgan fingerprint density at radius 3 is 2.60 bits per heavy atom. The zero-order valence-electron chi connectivity index (χ0n) is 11.1. The van der Waals surface area contributed by atoms with Crippen molar-refractivity contribution in [2.24, 2.45) is 23.7 Å². The van der Waals surface area contributed by atoms with E-state index in [9.17, 15) is 14.7 Å². The van der Waals surface area contributed by atoms with E-state index in [-0.39, 0.29) is 17.7 Å². The number of carboxylic acid groups (broad SMARTS) is 1. The minimum Gasteiger partial charge on any atom is -0.481 e. The van der Waals surface area contributed by atoms with Crippen molar-refractivity contribution in [2.75, 3.05) is 5.32 Å². The van der Waals surface area contributed by atoms with Crippen molar-refractivity contribution in [1.29, 1.82) is 0 Å². The number of carboxylic acids is 1. The molecule has 0 spiro atoms. The molecular weight excluding hydrogens is 256 g/mol. The second-order valence-corrected chi connectivity index (χ2v) is 5.49. The zero-order chi connectivity index (χ0) is 14.3. The summed E-state index contributed by atoms with van der Waals surface area (Å²) in [6, 6.07) is 5.37. The Morgan fingerprint density at radius 1 is 1.25 bits per heavy atom. The number of rotatable bonds is 3. The summed E-state index contributed by atoms with van der Waals surface area (Å²) >= 11 is 0. The maximum atomic E-state index is 12.4. The van der Waals surface area contributed by atoms with Crippen LogP contribution in [-0.4, -0.2) is 22.0 Å². The number of aromatic nitrogens is 1. The van der Waals surface area contributed by atoms with Crippen LogP contribution >= 0.6 is 0 Å². The molecule has 5 nitrogen and oxygen atoms in total. The molecule has 1 saturated carbocycles. The molecule has 2 bridgehead atoms. The van der Waals surface area contributed by atoms with E-state index in [1.54, 1.807) is 6.07 Å². The first-order chi connectivity index (χ1) is 9.56. The lowest BCUT2D eigenvalue weighted by Gasteiger charge is -2.23. The average Bonchev–Trinajstić information content (AvgIpc) is 2.98. The molecule has 20 heavy (non-hydrogen) atoms. The van der Waals surface area contributed by atoms with Crippen LogP contribution in [-0.2, 0) is 9.59 Å². The van der Waals surface area contributed by atoms with Crippen LogP contribution in [0.25, 0.3) is 0 Å². The van der Waals surface area contributed by atoms with Crippen LogP contribution in [0.4, 0.5) is 5.82 Å². The number of aliphatic carboxylic acids is 1. The molecule has 0 saturated heterocycles. The minimum atomic E-state index is -0.890. The molecule has 3 rings (SSSR count). The Labute approximate surface area is 116 Å². The first-order valence-electron chi connectivity index (χ1n) is 6.72. The second kappa shape index (κ2) is 4.74. The molecule has 1 aromatic heterocycles. The van der Waals surface area contributed by atoms with Crippen LogP contribution < -0.4 is 5.32 Å². The molecule has 0 aliphatic heterocycles. The Morgan fingerprint density at radius 2 is 1.95 bits per heavy atom. The van der Waals surface area contributed by atoms with Gasteiger partial charge in [0.25, 0.3) is 0 Å². The summed E-state index contributed by atoms with van der Waals surface area (Å²) in [5, 5.41) is 12.1. The molecule has 1 aromatic rings. The highest BCUT2D eigenvalue weighted by Gasteiger charge is 2.51. The van der Waals surface area contributed by atoms with Crippen molar-refractivity contribution in [2.45, 2.75) is 13.3 Å². The molecule has 0 radical (unpaired) electrons. The predicted molar refractivity (Wildman–Crippen MR) is 73.0 cm³/mol. The van der Waals surface area contributed by atoms with Crippen LogP contribution in [0.2, 0.25) is 0 Å². The van der Waals surface area contributed by atoms with Crippen molar-refractivity contribution < 1.29 is 14.7 Å². The molecule has 2 aliphatic rings. The number of amides is 1. The first-order valence-corrected chi connectivity index (χ1v) is 6.72. The Hall–Kier alpha value is -2.17. The number of pyridine rings is 1. The Kier molecular flexibility index (Phi) is 3.04. The topological polar surface area (TPSA) is 79.3 Å². The van der Waals surface area contributed by atoms with E-state index in [4.69, 9.17) is 0 Å². The van der Waals surface area contributed by atoms with E-state index in [1.165, 1.54) is 0 Å². The van der Waals surface area contributed by atoms with Crippen molar-refractivity contribution in [3.8, 4) is 0 Å². The van der Waals surface area contributed by atoms with Crippen LogP contribution in [0, 0.1) is 30.6 Å². The third kappa shape index (κ3) is 2.09. The molecule has 5 heteroatoms. The largest absolute Gasteiger partial charge is 0.481 e. The third-order valence-electron chi connectivity index (χ3n) is 4.19. The molecule has 2 unspecified atom stereocenters. The summed E-state index contributed by atoms with van der Waals surface area (Å²) in [7, 11) is 0. The van der Waals surface area contributed by atoms with E-state index < -0.39 is 17.8 Å². The SMILES string of the molecule is Cc1cccc(NC(=O)[C@H]2C3C=CC(C3)[C@H]2C(=O)O)n1. The number of carbonyl (C=O) groups excluding carboxylic acids is 1. The van der Waals surface area contributed by atoms with Crippen LogP contribution in [0.15, 0.2) is 30.4 Å². The lowest BCUT2D eigenvalue weighted by Crippen LogP contribution is -2.36. The lowest BCUT2D eigenvalue weighted by molar-refractivity contribution is -0.146. The van der Waals surface area contributed by atoms with Gasteiger partial charge >= 0.3 is 5.97 Å². The zero-order valence-corrected chi connectivity index (χ0v) is 11.1. The number of hydrogen-bond acceptors (Lipinski definition) is 3. The van der Waals surface area contributed by atoms with Crippen molar-refractivity contribution >= 4 is 17.7 Å². The van der Waals surface area contributed by atoms with Crippen molar-refractivity contribution in [3.05, 3.63) is 36.0 Å². The van der Waals surface area contributed by atoms with Gasteiger partial charge in [0.2, 0.25) is 5.91 Å². The summed E-state index contributed by atoms with van der Waals surface area (Å²) in [6.45, 7) is 1.84. The monoisotopic (exact) mass is 272 g/mol. The summed E-state index contributed by atoms with van der Waals surface area (Å²) in [6.07, 6.45) is 4.66. The Balaban J connectivity index is 1.80. The normalized spacial score (nSPS) is 30.4. The number of aryl methyl sites for hydroxylation is 1. The quantitative estimate of drug-likeness (QED) is 0.823. The molecule has 1 amide bonds. The fourth-order valence-corrected chi connectivity index (χ4v) is 3.34. The van der Waals surface area contributed by atoms with Crippen LogP contribution in [0.3, 0.4) is 0 Å². The van der Waals surface area contributed by atoms with Gasteiger partial charge in [0.1, 0.15) is 5.82 Å². The Bertz CT molecular complexity index is 597. The maximum absolute atomic E-state index is 12.4. The van der Waals surface area contributed by atoms with Gasteiger partial charge in [0.15, 0.2) is 0 Å². The molecule has 1 fully saturated rings. The van der Waals surface area contributed by atoms with Gasteiger partial charge in [-0.2, -0.15) is 0 Å². The van der Waals surface area contributed by atoms with Gasteiger partial charge < -0.3 is 10.4 Å². The smallest absolute Gasteiger partial charge is 0.307 e. The van der Waals surface area contributed by atoms with Gasteiger partial charge in [-0.1, -0.05) is 18.2 Å². The van der Waals surface area contributed by atoms with Gasteiger partial charge in [-0.05, 0) is 37.3 Å². The third-order valence-corrected chi connectivity index (χ3v) is 4.19. The predicted octanol–water partition coefficient (Wildman–Crippen LogP) is 1.85. The van der Waals surface area contributed by atoms with Gasteiger partial charge in [-0.25, -0.2) is 4.98 Å². The number of carbonyl (C=O) groups is 2. The number of allylic oxidation sites excluding steroid dienone is 2. The van der Waals surface area contributed by atoms with E-state index in [2.05, 4.69) is 10.3 Å². The molecule has 4 atom stereocenters. The fourth-order valence-electron chi connectivity index (χ4n) is 3.34. The molecule has 1 heterocycles. The second-order valence-electron chi connectivity index (χ2n) is 5.49. The number of nitrogens with one attached hydrogen (secondary N) is 1. The molecular formula is C15H16N2O3. The minimum absolute atomic E-state index is 0.0151. The average molecular weight is 272 g/mol. The van der Waals surface area contributed by atoms with E-state index in [1.807, 2.05) is 31.2 Å². The van der Waals surface area contributed by atoms with E-state index >= 15 is 0 Å².